The van der Waals surface area contributed by atoms with Gasteiger partial charge in [0.2, 0.25) is 10.0 Å². The highest BCUT2D eigenvalue weighted by molar-refractivity contribution is 7.89. The lowest BCUT2D eigenvalue weighted by molar-refractivity contribution is 0.459. The molecule has 0 saturated heterocycles. The van der Waals surface area contributed by atoms with Gasteiger partial charge in [0.15, 0.2) is 0 Å². The molecule has 6 heteroatoms. The molecule has 0 atom stereocenters. The number of rotatable bonds is 6. The van der Waals surface area contributed by atoms with Crippen molar-refractivity contribution in [2.24, 2.45) is 0 Å². The molecule has 0 fully saturated rings. The van der Waals surface area contributed by atoms with Crippen LogP contribution in [0, 0.1) is 6.92 Å². The summed E-state index contributed by atoms with van der Waals surface area (Å²) in [5.41, 5.74) is 1.36. The van der Waals surface area contributed by atoms with Crippen molar-refractivity contribution >= 4 is 10.0 Å². The average Bonchev–Trinajstić information content (AvgIpc) is 2.88. The maximum Gasteiger partial charge on any atom is 0.246 e. The molecule has 1 aromatic carbocycles. The first-order valence-corrected chi connectivity index (χ1v) is 8.49. The molecule has 21 heavy (non-hydrogen) atoms. The Morgan fingerprint density at radius 2 is 1.90 bits per heavy atom. The second kappa shape index (κ2) is 6.41. The molecule has 0 unspecified atom stereocenters. The molecule has 0 aliphatic rings. The minimum Gasteiger partial charge on any atom is -0.239 e. The van der Waals surface area contributed by atoms with Crippen LogP contribution < -0.4 is 0 Å². The van der Waals surface area contributed by atoms with E-state index < -0.39 is 10.0 Å². The normalized spacial score (nSPS) is 12.0. The van der Waals surface area contributed by atoms with Crippen molar-refractivity contribution < 1.29 is 8.42 Å². The van der Waals surface area contributed by atoms with Gasteiger partial charge in [-0.15, -0.1) is 0 Å². The van der Waals surface area contributed by atoms with Gasteiger partial charge in [-0.05, 0) is 25.5 Å². The molecule has 1 heterocycles. The third-order valence-electron chi connectivity index (χ3n) is 3.39. The van der Waals surface area contributed by atoms with Gasteiger partial charge < -0.3 is 0 Å². The number of hydrogen-bond donors (Lipinski definition) is 0. The van der Waals surface area contributed by atoms with E-state index in [0.29, 0.717) is 12.2 Å². The third-order valence-corrected chi connectivity index (χ3v) is 5.35. The van der Waals surface area contributed by atoms with Gasteiger partial charge in [0.1, 0.15) is 4.90 Å². The van der Waals surface area contributed by atoms with Crippen LogP contribution in [-0.4, -0.2) is 36.1 Å². The first-order chi connectivity index (χ1) is 9.96. The Labute approximate surface area is 126 Å². The van der Waals surface area contributed by atoms with Crippen molar-refractivity contribution in [3.8, 4) is 5.69 Å². The standard InChI is InChI=1S/C15H21N3O2S/c1-4-5-11-17(3)21(19,20)15-12-18(16-13(15)2)14-9-7-6-8-10-14/h6-10,12H,4-5,11H2,1-3H3. The molecule has 0 amide bonds. The highest BCUT2D eigenvalue weighted by Gasteiger charge is 2.25. The number of sulfonamides is 1. The molecule has 0 bridgehead atoms. The van der Waals surface area contributed by atoms with Gasteiger partial charge in [-0.2, -0.15) is 5.10 Å². The van der Waals surface area contributed by atoms with E-state index in [9.17, 15) is 8.42 Å². The van der Waals surface area contributed by atoms with Crippen LogP contribution in [0.15, 0.2) is 41.4 Å². The molecule has 0 radical (unpaired) electrons. The number of benzene rings is 1. The number of nitrogens with zero attached hydrogens (tertiary/aromatic N) is 3. The van der Waals surface area contributed by atoms with E-state index in [1.165, 1.54) is 4.31 Å². The Balaban J connectivity index is 2.35. The lowest BCUT2D eigenvalue weighted by Gasteiger charge is -2.15. The summed E-state index contributed by atoms with van der Waals surface area (Å²) in [5.74, 6) is 0. The molecule has 0 aliphatic heterocycles. The van der Waals surface area contributed by atoms with Crippen molar-refractivity contribution in [1.82, 2.24) is 14.1 Å². The maximum absolute atomic E-state index is 12.6. The van der Waals surface area contributed by atoms with E-state index in [0.717, 1.165) is 18.5 Å². The Morgan fingerprint density at radius 3 is 2.52 bits per heavy atom. The number of aryl methyl sites for hydroxylation is 1. The van der Waals surface area contributed by atoms with Crippen molar-refractivity contribution in [2.45, 2.75) is 31.6 Å². The predicted octanol–water partition coefficient (Wildman–Crippen LogP) is 2.60. The summed E-state index contributed by atoms with van der Waals surface area (Å²) < 4.78 is 28.2. The summed E-state index contributed by atoms with van der Waals surface area (Å²) in [6.07, 6.45) is 3.40. The molecule has 0 aliphatic carbocycles. The Morgan fingerprint density at radius 1 is 1.24 bits per heavy atom. The molecule has 2 rings (SSSR count). The SMILES string of the molecule is CCCCN(C)S(=O)(=O)c1cn(-c2ccccc2)nc1C. The maximum atomic E-state index is 12.6. The fourth-order valence-electron chi connectivity index (χ4n) is 2.08. The van der Waals surface area contributed by atoms with Crippen LogP contribution in [0.25, 0.3) is 5.69 Å². The molecule has 0 N–H and O–H groups in total. The zero-order chi connectivity index (χ0) is 15.5. The van der Waals surface area contributed by atoms with Gasteiger partial charge in [-0.3, -0.25) is 0 Å². The van der Waals surface area contributed by atoms with Crippen molar-refractivity contribution in [2.75, 3.05) is 13.6 Å². The van der Waals surface area contributed by atoms with Crippen LogP contribution in [0.4, 0.5) is 0 Å². The van der Waals surface area contributed by atoms with Gasteiger partial charge in [0.05, 0.1) is 17.6 Å². The van der Waals surface area contributed by atoms with E-state index in [1.54, 1.807) is 24.9 Å². The molecule has 2 aromatic rings. The van der Waals surface area contributed by atoms with Gasteiger partial charge in [0, 0.05) is 13.6 Å². The molecule has 0 spiro atoms. The lowest BCUT2D eigenvalue weighted by atomic mass is 10.3. The quantitative estimate of drug-likeness (QED) is 0.824. The average molecular weight is 307 g/mol. The van der Waals surface area contributed by atoms with E-state index >= 15 is 0 Å². The molecule has 5 nitrogen and oxygen atoms in total. The number of aromatic nitrogens is 2. The highest BCUT2D eigenvalue weighted by atomic mass is 32.2. The van der Waals surface area contributed by atoms with Crippen molar-refractivity contribution in [3.05, 3.63) is 42.2 Å². The molecular formula is C15H21N3O2S. The minimum absolute atomic E-state index is 0.268. The first-order valence-electron chi connectivity index (χ1n) is 7.05. The number of hydrogen-bond acceptors (Lipinski definition) is 3. The second-order valence-corrected chi connectivity index (χ2v) is 7.05. The fraction of sp³-hybridized carbons (Fsp3) is 0.400. The lowest BCUT2D eigenvalue weighted by Crippen LogP contribution is -2.28. The van der Waals surface area contributed by atoms with Crippen LogP contribution >= 0.6 is 0 Å². The van der Waals surface area contributed by atoms with E-state index in [-0.39, 0.29) is 4.90 Å². The van der Waals surface area contributed by atoms with Crippen molar-refractivity contribution in [3.63, 3.8) is 0 Å². The zero-order valence-electron chi connectivity index (χ0n) is 12.7. The summed E-state index contributed by atoms with van der Waals surface area (Å²) in [6, 6.07) is 9.49. The van der Waals surface area contributed by atoms with Gasteiger partial charge in [-0.1, -0.05) is 31.5 Å². The monoisotopic (exact) mass is 307 g/mol. The van der Waals surface area contributed by atoms with E-state index in [4.69, 9.17) is 0 Å². The molecular weight excluding hydrogens is 286 g/mol. The van der Waals surface area contributed by atoms with Crippen LogP contribution in [0.5, 0.6) is 0 Å². The Kier molecular flexibility index (Phi) is 4.80. The zero-order valence-corrected chi connectivity index (χ0v) is 13.5. The summed E-state index contributed by atoms with van der Waals surface area (Å²) in [4.78, 5) is 0.268. The van der Waals surface area contributed by atoms with Crippen molar-refractivity contribution in [1.29, 1.82) is 0 Å². The third kappa shape index (κ3) is 3.33. The second-order valence-electron chi connectivity index (χ2n) is 5.04. The summed E-state index contributed by atoms with van der Waals surface area (Å²) in [5, 5.41) is 4.32. The van der Waals surface area contributed by atoms with E-state index in [2.05, 4.69) is 5.10 Å². The summed E-state index contributed by atoms with van der Waals surface area (Å²) >= 11 is 0. The Hall–Kier alpha value is -1.66. The first kappa shape index (κ1) is 15.7. The van der Waals surface area contributed by atoms with Crippen LogP contribution in [0.2, 0.25) is 0 Å². The Bertz CT molecular complexity index is 693. The predicted molar refractivity (Wildman–Crippen MR) is 83.0 cm³/mol. The topological polar surface area (TPSA) is 55.2 Å². The van der Waals surface area contributed by atoms with Crippen LogP contribution in [-0.2, 0) is 10.0 Å². The van der Waals surface area contributed by atoms with Gasteiger partial charge >= 0.3 is 0 Å². The summed E-state index contributed by atoms with van der Waals surface area (Å²) in [7, 11) is -1.86. The van der Waals surface area contributed by atoms with E-state index in [1.807, 2.05) is 37.3 Å². The van der Waals surface area contributed by atoms with Gasteiger partial charge in [-0.25, -0.2) is 17.4 Å². The molecule has 1 aromatic heterocycles. The van der Waals surface area contributed by atoms with Crippen LogP contribution in [0.3, 0.4) is 0 Å². The number of para-hydroxylation sites is 1. The number of unbranched alkanes of at least 4 members (excludes halogenated alkanes) is 1. The molecule has 0 saturated carbocycles. The minimum atomic E-state index is -3.48. The smallest absolute Gasteiger partial charge is 0.239 e. The largest absolute Gasteiger partial charge is 0.246 e. The fourth-order valence-corrected chi connectivity index (χ4v) is 3.43. The summed E-state index contributed by atoms with van der Waals surface area (Å²) in [6.45, 7) is 4.29. The van der Waals surface area contributed by atoms with Crippen LogP contribution in [0.1, 0.15) is 25.5 Å². The highest BCUT2D eigenvalue weighted by Crippen LogP contribution is 2.20. The molecule has 114 valence electrons. The van der Waals surface area contributed by atoms with Gasteiger partial charge in [0.25, 0.3) is 0 Å².